The predicted molar refractivity (Wildman–Crippen MR) is 214 cm³/mol. The fourth-order valence-corrected chi connectivity index (χ4v) is 12.4. The van der Waals surface area contributed by atoms with E-state index in [4.69, 9.17) is 15.0 Å². The van der Waals surface area contributed by atoms with Crippen LogP contribution in [0, 0.1) is 23.7 Å². The number of fused-ring (bicyclic) bond motifs is 8. The molecule has 4 fully saturated rings. The third-order valence-electron chi connectivity index (χ3n) is 14.3. The number of rotatable bonds is 3. The van der Waals surface area contributed by atoms with Gasteiger partial charge in [-0.2, -0.15) is 0 Å². The van der Waals surface area contributed by atoms with Crippen LogP contribution < -0.4 is 0 Å². The Morgan fingerprint density at radius 2 is 1.13 bits per heavy atom. The summed E-state index contributed by atoms with van der Waals surface area (Å²) < 4.78 is 0. The Hall–Kier alpha value is -5.41. The first kappa shape index (κ1) is 30.1. The van der Waals surface area contributed by atoms with Crippen LogP contribution in [0.5, 0.6) is 0 Å². The Morgan fingerprint density at radius 1 is 0.472 bits per heavy atom. The highest BCUT2D eigenvalue weighted by Crippen LogP contribution is 2.70. The van der Waals surface area contributed by atoms with Gasteiger partial charge in [0.2, 0.25) is 0 Å². The molecule has 53 heavy (non-hydrogen) atoms. The highest BCUT2D eigenvalue weighted by atomic mass is 15.0. The SMILES string of the molecule is CC1(C)c2ccccc2-c2c(-c3nc(-c4ccccc4)nc(-c4ccc5c(c4)-c4ccc6ccccc6c4C54C5CC6CC(C5)CC4C6)n3)cccc21. The van der Waals surface area contributed by atoms with Crippen LogP contribution in [0.1, 0.15) is 68.2 Å². The zero-order valence-electron chi connectivity index (χ0n) is 30.3. The number of hydrogen-bond donors (Lipinski definition) is 0. The Labute approximate surface area is 311 Å². The summed E-state index contributed by atoms with van der Waals surface area (Å²) >= 11 is 0. The molecule has 0 amide bonds. The van der Waals surface area contributed by atoms with E-state index in [0.717, 1.165) is 40.2 Å². The van der Waals surface area contributed by atoms with E-state index in [2.05, 4.69) is 141 Å². The van der Waals surface area contributed by atoms with Crippen LogP contribution in [0.3, 0.4) is 0 Å². The van der Waals surface area contributed by atoms with E-state index < -0.39 is 0 Å². The lowest BCUT2D eigenvalue weighted by atomic mass is 9.43. The van der Waals surface area contributed by atoms with Gasteiger partial charge in [-0.1, -0.05) is 135 Å². The van der Waals surface area contributed by atoms with E-state index in [1.165, 1.54) is 76.3 Å². The van der Waals surface area contributed by atoms with Gasteiger partial charge < -0.3 is 0 Å². The lowest BCUT2D eigenvalue weighted by Gasteiger charge is -2.61. The molecule has 0 N–H and O–H groups in total. The van der Waals surface area contributed by atoms with Crippen molar-refractivity contribution in [2.45, 2.75) is 56.8 Å². The summed E-state index contributed by atoms with van der Waals surface area (Å²) in [5.74, 6) is 5.38. The van der Waals surface area contributed by atoms with Gasteiger partial charge in [0.15, 0.2) is 17.5 Å². The predicted octanol–water partition coefficient (Wildman–Crippen LogP) is 12.1. The van der Waals surface area contributed by atoms with E-state index in [1.54, 1.807) is 11.1 Å². The summed E-state index contributed by atoms with van der Waals surface area (Å²) in [6.45, 7) is 4.66. The first-order valence-electron chi connectivity index (χ1n) is 19.7. The maximum Gasteiger partial charge on any atom is 0.164 e. The normalized spacial score (nSPS) is 25.0. The van der Waals surface area contributed by atoms with Gasteiger partial charge in [-0.3, -0.25) is 0 Å². The largest absolute Gasteiger partial charge is 0.208 e. The van der Waals surface area contributed by atoms with Crippen LogP contribution in [0.4, 0.5) is 0 Å². The molecule has 6 aliphatic rings. The molecule has 1 aromatic heterocycles. The minimum Gasteiger partial charge on any atom is -0.208 e. The van der Waals surface area contributed by atoms with E-state index >= 15 is 0 Å². The van der Waals surface area contributed by atoms with Gasteiger partial charge >= 0.3 is 0 Å². The lowest BCUT2D eigenvalue weighted by molar-refractivity contribution is -0.0393. The molecule has 7 aromatic rings. The zero-order chi connectivity index (χ0) is 35.1. The molecule has 3 nitrogen and oxygen atoms in total. The molecule has 0 atom stereocenters. The van der Waals surface area contributed by atoms with Gasteiger partial charge in [0.1, 0.15) is 0 Å². The van der Waals surface area contributed by atoms with E-state index in [9.17, 15) is 0 Å². The Morgan fingerprint density at radius 3 is 1.94 bits per heavy atom. The summed E-state index contributed by atoms with van der Waals surface area (Å²) in [6, 6.07) is 47.1. The van der Waals surface area contributed by atoms with Crippen LogP contribution in [0.15, 0.2) is 127 Å². The van der Waals surface area contributed by atoms with Crippen molar-refractivity contribution >= 4 is 10.8 Å². The highest BCUT2D eigenvalue weighted by molar-refractivity contribution is 5.99. The fraction of sp³-hybridized carbons (Fsp3) is 0.260. The average Bonchev–Trinajstić information content (AvgIpc) is 3.63. The molecule has 6 aromatic carbocycles. The van der Waals surface area contributed by atoms with Gasteiger partial charge in [-0.15, -0.1) is 0 Å². The van der Waals surface area contributed by atoms with Crippen molar-refractivity contribution in [3.8, 4) is 56.4 Å². The molecular formula is C50H41N3. The lowest BCUT2D eigenvalue weighted by Crippen LogP contribution is -2.55. The molecule has 1 spiro atoms. The molecule has 0 radical (unpaired) electrons. The molecular weight excluding hydrogens is 643 g/mol. The van der Waals surface area contributed by atoms with Crippen molar-refractivity contribution in [2.24, 2.45) is 23.7 Å². The molecule has 6 aliphatic carbocycles. The highest BCUT2D eigenvalue weighted by Gasteiger charge is 2.62. The van der Waals surface area contributed by atoms with Crippen molar-refractivity contribution in [3.05, 3.63) is 150 Å². The zero-order valence-corrected chi connectivity index (χ0v) is 30.3. The number of aromatic nitrogens is 3. The molecule has 13 rings (SSSR count). The van der Waals surface area contributed by atoms with Crippen LogP contribution in [-0.2, 0) is 10.8 Å². The monoisotopic (exact) mass is 683 g/mol. The van der Waals surface area contributed by atoms with Gasteiger partial charge in [0, 0.05) is 27.5 Å². The average molecular weight is 684 g/mol. The second kappa shape index (κ2) is 10.6. The van der Waals surface area contributed by atoms with E-state index in [-0.39, 0.29) is 10.8 Å². The van der Waals surface area contributed by atoms with Gasteiger partial charge in [-0.05, 0) is 117 Å². The molecule has 0 saturated heterocycles. The van der Waals surface area contributed by atoms with Crippen LogP contribution in [-0.4, -0.2) is 15.0 Å². The number of benzene rings is 6. The van der Waals surface area contributed by atoms with E-state index in [1.807, 2.05) is 0 Å². The Balaban J connectivity index is 1.09. The van der Waals surface area contributed by atoms with Gasteiger partial charge in [-0.25, -0.2) is 15.0 Å². The summed E-state index contributed by atoms with van der Waals surface area (Å²) in [5, 5.41) is 2.81. The quantitative estimate of drug-likeness (QED) is 0.186. The van der Waals surface area contributed by atoms with Gasteiger partial charge in [0.25, 0.3) is 0 Å². The molecule has 1 heterocycles. The Kier molecular flexibility index (Phi) is 6.02. The molecule has 4 bridgehead atoms. The molecule has 3 heteroatoms. The summed E-state index contributed by atoms with van der Waals surface area (Å²) in [6.07, 6.45) is 6.94. The maximum atomic E-state index is 5.38. The topological polar surface area (TPSA) is 38.7 Å². The first-order valence-corrected chi connectivity index (χ1v) is 19.7. The molecule has 0 unspecified atom stereocenters. The summed E-state index contributed by atoms with van der Waals surface area (Å²) in [7, 11) is 0. The second-order valence-corrected chi connectivity index (χ2v) is 17.2. The van der Waals surface area contributed by atoms with Crippen molar-refractivity contribution in [3.63, 3.8) is 0 Å². The number of nitrogens with zero attached hydrogens (tertiary/aromatic N) is 3. The van der Waals surface area contributed by atoms with Crippen molar-refractivity contribution in [1.82, 2.24) is 15.0 Å². The molecule has 0 aliphatic heterocycles. The van der Waals surface area contributed by atoms with Crippen molar-refractivity contribution in [2.75, 3.05) is 0 Å². The Bertz CT molecular complexity index is 2640. The smallest absolute Gasteiger partial charge is 0.164 e. The van der Waals surface area contributed by atoms with Crippen LogP contribution in [0.2, 0.25) is 0 Å². The van der Waals surface area contributed by atoms with Crippen molar-refractivity contribution in [1.29, 1.82) is 0 Å². The standard InChI is InChI=1S/C50H41N3/c1-49(2)41-17-9-8-15-38(41)44-39(16-10-18-43(44)49)48-52-46(32-12-4-3-5-13-32)51-47(53-48)33-20-22-42-40(28-33)37-21-19-31-11-6-7-14-36(31)45(37)50(42)34-24-29-23-30(26-34)27-35(50)25-29/h3-22,28-30,34-35H,23-27H2,1-2H3. The van der Waals surface area contributed by atoms with Crippen molar-refractivity contribution < 1.29 is 0 Å². The molecule has 256 valence electrons. The summed E-state index contributed by atoms with van der Waals surface area (Å²) in [5.41, 5.74) is 14.2. The summed E-state index contributed by atoms with van der Waals surface area (Å²) in [4.78, 5) is 15.9. The second-order valence-electron chi connectivity index (χ2n) is 17.2. The molecule has 4 saturated carbocycles. The first-order chi connectivity index (χ1) is 26.0. The minimum atomic E-state index is -0.106. The van der Waals surface area contributed by atoms with Crippen LogP contribution >= 0.6 is 0 Å². The van der Waals surface area contributed by atoms with Gasteiger partial charge in [0.05, 0.1) is 0 Å². The van der Waals surface area contributed by atoms with E-state index in [0.29, 0.717) is 17.7 Å². The third-order valence-corrected chi connectivity index (χ3v) is 14.3. The minimum absolute atomic E-state index is 0.0850. The van der Waals surface area contributed by atoms with Crippen LogP contribution in [0.25, 0.3) is 67.2 Å². The fourth-order valence-electron chi connectivity index (χ4n) is 12.4. The number of hydrogen-bond acceptors (Lipinski definition) is 3. The third kappa shape index (κ3) is 3.98. The maximum absolute atomic E-state index is 5.38.